The first-order chi connectivity index (χ1) is 13.9. The van der Waals surface area contributed by atoms with Gasteiger partial charge in [0.2, 0.25) is 0 Å². The number of hydrogen-bond acceptors (Lipinski definition) is 4. The Morgan fingerprint density at radius 2 is 1.76 bits per heavy atom. The topological polar surface area (TPSA) is 63.7 Å². The van der Waals surface area contributed by atoms with Crippen molar-refractivity contribution in [1.29, 1.82) is 0 Å². The van der Waals surface area contributed by atoms with Crippen molar-refractivity contribution >= 4 is 21.7 Å². The second-order valence-electron chi connectivity index (χ2n) is 7.05. The van der Waals surface area contributed by atoms with Crippen molar-refractivity contribution in [1.82, 2.24) is 0 Å². The summed E-state index contributed by atoms with van der Waals surface area (Å²) in [6.45, 7) is 2.51. The lowest BCUT2D eigenvalue weighted by molar-refractivity contribution is 0.0472. The number of rotatable bonds is 5. The number of nitrogens with zero attached hydrogens (tertiary/aromatic N) is 1. The van der Waals surface area contributed by atoms with E-state index in [1.54, 1.807) is 18.2 Å². The Morgan fingerprint density at radius 1 is 1.00 bits per heavy atom. The minimum absolute atomic E-state index is 0.0824. The van der Waals surface area contributed by atoms with Crippen LogP contribution in [0.4, 0.5) is 5.69 Å². The Labute approximate surface area is 170 Å². The lowest BCUT2D eigenvalue weighted by Crippen LogP contribution is -2.29. The van der Waals surface area contributed by atoms with Crippen molar-refractivity contribution in [3.05, 3.63) is 95.1 Å². The van der Waals surface area contributed by atoms with E-state index in [9.17, 15) is 13.2 Å². The Bertz CT molecular complexity index is 1150. The fraction of sp³-hybridized carbons (Fsp3) is 0.174. The van der Waals surface area contributed by atoms with E-state index >= 15 is 0 Å². The highest BCUT2D eigenvalue weighted by molar-refractivity contribution is 7.92. The van der Waals surface area contributed by atoms with Crippen molar-refractivity contribution in [3.8, 4) is 0 Å². The minimum atomic E-state index is -3.75. The third-order valence-electron chi connectivity index (χ3n) is 4.99. The van der Waals surface area contributed by atoms with Gasteiger partial charge in [0, 0.05) is 6.54 Å². The highest BCUT2D eigenvalue weighted by Crippen LogP contribution is 2.32. The zero-order chi connectivity index (χ0) is 20.4. The predicted molar refractivity (Wildman–Crippen MR) is 111 cm³/mol. The van der Waals surface area contributed by atoms with E-state index in [0.29, 0.717) is 18.7 Å². The predicted octanol–water partition coefficient (Wildman–Crippen LogP) is 4.10. The Morgan fingerprint density at radius 3 is 2.55 bits per heavy atom. The molecule has 0 atom stereocenters. The molecule has 1 aliphatic heterocycles. The second kappa shape index (κ2) is 7.72. The molecule has 4 rings (SSSR count). The number of aryl methyl sites for hydroxylation is 1. The van der Waals surface area contributed by atoms with Gasteiger partial charge in [-0.15, -0.1) is 0 Å². The van der Waals surface area contributed by atoms with Gasteiger partial charge in [0.05, 0.1) is 16.1 Å². The van der Waals surface area contributed by atoms with Gasteiger partial charge in [0.25, 0.3) is 10.0 Å². The smallest absolute Gasteiger partial charge is 0.338 e. The molecule has 29 heavy (non-hydrogen) atoms. The van der Waals surface area contributed by atoms with E-state index in [-0.39, 0.29) is 17.1 Å². The van der Waals surface area contributed by atoms with Crippen molar-refractivity contribution in [2.45, 2.75) is 24.8 Å². The molecule has 0 unspecified atom stereocenters. The first kappa shape index (κ1) is 19.2. The van der Waals surface area contributed by atoms with Crippen LogP contribution in [0.3, 0.4) is 0 Å². The van der Waals surface area contributed by atoms with Crippen LogP contribution < -0.4 is 4.31 Å². The molecular weight excluding hydrogens is 386 g/mol. The van der Waals surface area contributed by atoms with E-state index in [2.05, 4.69) is 0 Å². The molecule has 0 saturated carbocycles. The van der Waals surface area contributed by atoms with Gasteiger partial charge in [-0.25, -0.2) is 13.2 Å². The normalized spacial score (nSPS) is 13.2. The molecule has 148 valence electrons. The second-order valence-corrected chi connectivity index (χ2v) is 8.91. The monoisotopic (exact) mass is 407 g/mol. The Kier molecular flexibility index (Phi) is 5.11. The van der Waals surface area contributed by atoms with Crippen LogP contribution in [0.25, 0.3) is 0 Å². The van der Waals surface area contributed by atoms with Crippen molar-refractivity contribution in [2.24, 2.45) is 0 Å². The average Bonchev–Trinajstić information content (AvgIpc) is 3.18. The van der Waals surface area contributed by atoms with Crippen LogP contribution >= 0.6 is 0 Å². The van der Waals surface area contributed by atoms with Gasteiger partial charge >= 0.3 is 5.97 Å². The average molecular weight is 407 g/mol. The highest BCUT2D eigenvalue weighted by Gasteiger charge is 2.31. The molecule has 0 spiro atoms. The number of ether oxygens (including phenoxy) is 1. The summed E-state index contributed by atoms with van der Waals surface area (Å²) >= 11 is 0. The fourth-order valence-electron chi connectivity index (χ4n) is 3.38. The summed E-state index contributed by atoms with van der Waals surface area (Å²) in [5.41, 5.74) is 3.91. The Hall–Kier alpha value is -3.12. The van der Waals surface area contributed by atoms with Gasteiger partial charge in [-0.2, -0.15) is 0 Å². The van der Waals surface area contributed by atoms with Gasteiger partial charge < -0.3 is 4.74 Å². The van der Waals surface area contributed by atoms with E-state index in [1.807, 2.05) is 49.4 Å². The van der Waals surface area contributed by atoms with E-state index < -0.39 is 16.0 Å². The number of esters is 1. The number of fused-ring (bicyclic) bond motifs is 1. The van der Waals surface area contributed by atoms with Crippen LogP contribution in [0.2, 0.25) is 0 Å². The summed E-state index contributed by atoms with van der Waals surface area (Å²) in [4.78, 5) is 12.5. The van der Waals surface area contributed by atoms with E-state index in [0.717, 1.165) is 16.7 Å². The van der Waals surface area contributed by atoms with Gasteiger partial charge in [0.15, 0.2) is 0 Å². The molecular formula is C23H21NO4S. The number of sulfonamides is 1. The zero-order valence-electron chi connectivity index (χ0n) is 16.0. The number of para-hydroxylation sites is 1. The summed E-state index contributed by atoms with van der Waals surface area (Å²) in [5.74, 6) is -0.551. The van der Waals surface area contributed by atoms with Gasteiger partial charge in [-0.05, 0) is 48.7 Å². The number of carbonyl (C=O) groups is 1. The third-order valence-corrected chi connectivity index (χ3v) is 6.80. The van der Waals surface area contributed by atoms with Crippen LogP contribution in [0.1, 0.15) is 27.0 Å². The number of benzene rings is 3. The van der Waals surface area contributed by atoms with E-state index in [1.165, 1.54) is 16.4 Å². The maximum absolute atomic E-state index is 13.2. The molecule has 0 aliphatic carbocycles. The SMILES string of the molecule is Cc1ccc(COC(=O)c2cccc(S(=O)(=O)N3CCc4ccccc43)c2)cc1. The summed E-state index contributed by atoms with van der Waals surface area (Å²) in [7, 11) is -3.75. The Balaban J connectivity index is 1.54. The first-order valence-electron chi connectivity index (χ1n) is 9.38. The summed E-state index contributed by atoms with van der Waals surface area (Å²) < 4.78 is 33.1. The van der Waals surface area contributed by atoms with Gasteiger partial charge in [-0.3, -0.25) is 4.31 Å². The van der Waals surface area contributed by atoms with Crippen LogP contribution in [0.5, 0.6) is 0 Å². The maximum atomic E-state index is 13.2. The number of hydrogen-bond donors (Lipinski definition) is 0. The van der Waals surface area contributed by atoms with Gasteiger partial charge in [-0.1, -0.05) is 54.1 Å². The highest BCUT2D eigenvalue weighted by atomic mass is 32.2. The van der Waals surface area contributed by atoms with E-state index in [4.69, 9.17) is 4.74 Å². The third kappa shape index (κ3) is 3.89. The molecule has 1 aliphatic rings. The standard InChI is InChI=1S/C23H21NO4S/c1-17-9-11-18(12-10-17)16-28-23(25)20-6-4-7-21(15-20)29(26,27)24-14-13-19-5-2-3-8-22(19)24/h2-12,15H,13-14,16H2,1H3. The quantitative estimate of drug-likeness (QED) is 0.597. The molecule has 0 radical (unpaired) electrons. The van der Waals surface area contributed by atoms with Crippen molar-refractivity contribution in [2.75, 3.05) is 10.8 Å². The number of anilines is 1. The van der Waals surface area contributed by atoms with Gasteiger partial charge in [0.1, 0.15) is 6.61 Å². The zero-order valence-corrected chi connectivity index (χ0v) is 16.9. The molecule has 0 amide bonds. The van der Waals surface area contributed by atoms with Crippen LogP contribution in [-0.4, -0.2) is 20.9 Å². The van der Waals surface area contributed by atoms with Crippen molar-refractivity contribution < 1.29 is 17.9 Å². The molecule has 0 saturated heterocycles. The molecule has 0 aromatic heterocycles. The lowest BCUT2D eigenvalue weighted by atomic mass is 10.2. The molecule has 6 heteroatoms. The molecule has 3 aromatic carbocycles. The molecule has 0 N–H and O–H groups in total. The lowest BCUT2D eigenvalue weighted by Gasteiger charge is -2.19. The van der Waals surface area contributed by atoms with Crippen LogP contribution in [0, 0.1) is 6.92 Å². The molecule has 3 aromatic rings. The first-order valence-corrected chi connectivity index (χ1v) is 10.8. The summed E-state index contributed by atoms with van der Waals surface area (Å²) in [6, 6.07) is 21.2. The summed E-state index contributed by atoms with van der Waals surface area (Å²) in [6.07, 6.45) is 0.674. The van der Waals surface area contributed by atoms with Crippen LogP contribution in [-0.2, 0) is 27.8 Å². The maximum Gasteiger partial charge on any atom is 0.338 e. The molecule has 5 nitrogen and oxygen atoms in total. The largest absolute Gasteiger partial charge is 0.457 e. The molecule has 0 fully saturated rings. The molecule has 0 bridgehead atoms. The van der Waals surface area contributed by atoms with Crippen molar-refractivity contribution in [3.63, 3.8) is 0 Å². The summed E-state index contributed by atoms with van der Waals surface area (Å²) in [5, 5.41) is 0. The minimum Gasteiger partial charge on any atom is -0.457 e. The molecule has 1 heterocycles. The fourth-order valence-corrected chi connectivity index (χ4v) is 4.93. The number of carbonyl (C=O) groups excluding carboxylic acids is 1. The van der Waals surface area contributed by atoms with Crippen LogP contribution in [0.15, 0.2) is 77.7 Å².